The van der Waals surface area contributed by atoms with Crippen LogP contribution in [0.15, 0.2) is 473 Å². The van der Waals surface area contributed by atoms with Crippen LogP contribution in [0.4, 0.5) is 0 Å². The summed E-state index contributed by atoms with van der Waals surface area (Å²) in [6.45, 7) is 0. The van der Waals surface area contributed by atoms with Gasteiger partial charge in [0.15, 0.2) is 34.9 Å². The highest BCUT2D eigenvalue weighted by Crippen LogP contribution is 2.61. The SMILES string of the molecule is c1ccc(-c2nc(-c3cccc(-c4ccccc4-c4cccc5c6c(ccc45)-c4ccccc4C6(c4ccccc4)c4ccccc4)c3)nc(-c3ccc4ccccc4c3)n2)cc1.c1ccc(-c2nc(-c3ccccc3-c3ccccc3-c3cccc4c5c(ccc34)-c3ccccc3C5(c3ccccc3)c3ccccc3)nc(-c3cccc4ccccc34)n2)cc1. The fourth-order valence-corrected chi connectivity index (χ4v) is 20.2. The lowest BCUT2D eigenvalue weighted by molar-refractivity contribution is 0.775. The third kappa shape index (κ3) is 12.6. The molecule has 2 aliphatic rings. The third-order valence-corrected chi connectivity index (χ3v) is 25.6. The van der Waals surface area contributed by atoms with Gasteiger partial charge in [0, 0.05) is 33.4 Å². The summed E-state index contributed by atoms with van der Waals surface area (Å²) in [5, 5.41) is 9.47. The van der Waals surface area contributed by atoms with Crippen LogP contribution in [0.1, 0.15) is 44.5 Å². The van der Waals surface area contributed by atoms with Crippen molar-refractivity contribution in [3.8, 4) is 135 Å². The zero-order valence-electron chi connectivity index (χ0n) is 68.7. The maximum Gasteiger partial charge on any atom is 0.164 e. The van der Waals surface area contributed by atoms with Crippen molar-refractivity contribution in [2.75, 3.05) is 0 Å². The molecule has 0 amide bonds. The predicted molar refractivity (Wildman–Crippen MR) is 519 cm³/mol. The Morgan fingerprint density at radius 1 is 0.135 bits per heavy atom. The van der Waals surface area contributed by atoms with Gasteiger partial charge in [0.1, 0.15) is 0 Å². The molecule has 588 valence electrons. The molecule has 126 heavy (non-hydrogen) atoms. The molecule has 0 atom stereocenters. The molecule has 6 heteroatoms. The van der Waals surface area contributed by atoms with Gasteiger partial charge >= 0.3 is 0 Å². The number of nitrogens with zero attached hydrogens (tertiary/aromatic N) is 6. The molecule has 0 saturated carbocycles. The zero-order valence-corrected chi connectivity index (χ0v) is 68.7. The summed E-state index contributed by atoms with van der Waals surface area (Å²) in [4.78, 5) is 31.0. The maximum absolute atomic E-state index is 5.30. The van der Waals surface area contributed by atoms with E-state index in [0.717, 1.165) is 77.4 Å². The number of fused-ring (bicyclic) bond motifs is 12. The van der Waals surface area contributed by atoms with Crippen molar-refractivity contribution < 1.29 is 0 Å². The molecule has 0 unspecified atom stereocenters. The fourth-order valence-electron chi connectivity index (χ4n) is 20.2. The lowest BCUT2D eigenvalue weighted by Crippen LogP contribution is -2.28. The molecular weight excluding hydrogens is 1530 g/mol. The van der Waals surface area contributed by atoms with Crippen LogP contribution >= 0.6 is 0 Å². The van der Waals surface area contributed by atoms with Gasteiger partial charge in [-0.3, -0.25) is 0 Å². The normalized spacial score (nSPS) is 12.6. The maximum atomic E-state index is 5.30. The minimum absolute atomic E-state index is 0.505. The molecule has 2 aromatic heterocycles. The summed E-state index contributed by atoms with van der Waals surface area (Å²) < 4.78 is 0. The summed E-state index contributed by atoms with van der Waals surface area (Å²) in [7, 11) is 0. The van der Waals surface area contributed by atoms with Gasteiger partial charge in [-0.05, 0) is 166 Å². The molecule has 24 rings (SSSR count). The smallest absolute Gasteiger partial charge is 0.164 e. The Balaban J connectivity index is 0.000000145. The van der Waals surface area contributed by atoms with Crippen LogP contribution in [-0.4, -0.2) is 29.9 Å². The topological polar surface area (TPSA) is 77.3 Å². The minimum Gasteiger partial charge on any atom is -0.208 e. The van der Waals surface area contributed by atoms with Crippen molar-refractivity contribution >= 4 is 43.1 Å². The second-order valence-corrected chi connectivity index (χ2v) is 32.5. The first kappa shape index (κ1) is 74.5. The minimum atomic E-state index is -0.518. The molecule has 0 aliphatic heterocycles. The first-order valence-corrected chi connectivity index (χ1v) is 43.1. The van der Waals surface area contributed by atoms with E-state index in [9.17, 15) is 0 Å². The van der Waals surface area contributed by atoms with Crippen molar-refractivity contribution in [3.05, 3.63) is 518 Å². The van der Waals surface area contributed by atoms with Crippen LogP contribution < -0.4 is 0 Å². The number of benzene rings is 20. The molecule has 22 aromatic rings. The number of rotatable bonds is 14. The first-order chi connectivity index (χ1) is 62.5. The molecule has 0 fully saturated rings. The van der Waals surface area contributed by atoms with Gasteiger partial charge in [0.25, 0.3) is 0 Å². The average Bonchev–Trinajstić information content (AvgIpc) is 1.53. The Morgan fingerprint density at radius 3 is 0.944 bits per heavy atom. The molecular formula is C120H78N6. The molecule has 2 heterocycles. The van der Waals surface area contributed by atoms with Gasteiger partial charge in [0.05, 0.1) is 10.8 Å². The van der Waals surface area contributed by atoms with Gasteiger partial charge < -0.3 is 0 Å². The quantitative estimate of drug-likeness (QED) is 0.108. The monoisotopic (exact) mass is 1600 g/mol. The van der Waals surface area contributed by atoms with Crippen LogP contribution in [0.2, 0.25) is 0 Å². The van der Waals surface area contributed by atoms with E-state index in [1.807, 2.05) is 36.4 Å². The number of hydrogen-bond donors (Lipinski definition) is 0. The van der Waals surface area contributed by atoms with E-state index in [0.29, 0.717) is 34.9 Å². The van der Waals surface area contributed by atoms with Crippen molar-refractivity contribution in [1.29, 1.82) is 0 Å². The molecule has 2 aliphatic carbocycles. The Hall–Kier alpha value is -16.5. The molecule has 6 nitrogen and oxygen atoms in total. The second kappa shape index (κ2) is 31.5. The summed E-state index contributed by atoms with van der Waals surface area (Å²) in [6, 6.07) is 170. The van der Waals surface area contributed by atoms with Crippen molar-refractivity contribution in [3.63, 3.8) is 0 Å². The molecule has 0 saturated heterocycles. The fraction of sp³-hybridized carbons (Fsp3) is 0.0167. The standard InChI is InChI=1S/2C60H39N3/c1-4-19-41(20-5-1)57-61-58(63-59(62-57)45-35-34-40-18-10-11-21-42(40)38-45)44-23-16-22-43(39-44)48-28-12-13-29-49(48)50-31-17-32-53-51(50)36-37-54-52-30-14-15-33-55(52)60(56(53)54,46-24-6-2-7-25-46)47-26-8-3-9-27-47;1-4-21-41(22-5-1)57-61-58(53-36-18-23-40-20-10-11-28-44(40)53)63-59(62-57)54-33-15-14-31-48(54)46-30-13-12-29-45(46)47-34-19-35-51-49(47)38-39-52-50-32-16-17-37-55(50)60(56(51)52,42-24-6-2-7-25-42)43-26-8-3-9-27-43/h2*1-39H. The van der Waals surface area contributed by atoms with Gasteiger partial charge in [-0.2, -0.15) is 0 Å². The van der Waals surface area contributed by atoms with Gasteiger partial charge in [-0.1, -0.05) is 461 Å². The van der Waals surface area contributed by atoms with Crippen LogP contribution in [0, 0.1) is 0 Å². The van der Waals surface area contributed by atoms with Crippen LogP contribution in [0.5, 0.6) is 0 Å². The van der Waals surface area contributed by atoms with E-state index in [1.54, 1.807) is 0 Å². The molecule has 0 bridgehead atoms. The summed E-state index contributed by atoms with van der Waals surface area (Å²) in [5.74, 6) is 3.81. The lowest BCUT2D eigenvalue weighted by atomic mass is 9.66. The van der Waals surface area contributed by atoms with E-state index >= 15 is 0 Å². The molecule has 20 aromatic carbocycles. The van der Waals surface area contributed by atoms with Crippen molar-refractivity contribution in [2.24, 2.45) is 0 Å². The lowest BCUT2D eigenvalue weighted by Gasteiger charge is -2.34. The largest absolute Gasteiger partial charge is 0.208 e. The number of hydrogen-bond acceptors (Lipinski definition) is 6. The highest BCUT2D eigenvalue weighted by atomic mass is 15.0. The molecule has 0 spiro atoms. The predicted octanol–water partition coefficient (Wildman–Crippen LogP) is 29.8. The first-order valence-electron chi connectivity index (χ1n) is 43.1. The third-order valence-electron chi connectivity index (χ3n) is 25.6. The van der Waals surface area contributed by atoms with Crippen molar-refractivity contribution in [1.82, 2.24) is 29.9 Å². The van der Waals surface area contributed by atoms with Crippen molar-refractivity contribution in [2.45, 2.75) is 10.8 Å². The average molecular weight is 1600 g/mol. The highest BCUT2D eigenvalue weighted by molar-refractivity contribution is 6.10. The van der Waals surface area contributed by atoms with E-state index in [4.69, 9.17) is 29.9 Å². The molecule has 0 N–H and O–H groups in total. The molecule has 0 radical (unpaired) electrons. The summed E-state index contributed by atoms with van der Waals surface area (Å²) in [5.41, 5.74) is 29.1. The van der Waals surface area contributed by atoms with E-state index in [-0.39, 0.29) is 0 Å². The van der Waals surface area contributed by atoms with Gasteiger partial charge in [-0.15, -0.1) is 0 Å². The summed E-state index contributed by atoms with van der Waals surface area (Å²) >= 11 is 0. The van der Waals surface area contributed by atoms with E-state index in [1.165, 1.54) is 110 Å². The van der Waals surface area contributed by atoms with Crippen LogP contribution in [0.3, 0.4) is 0 Å². The summed E-state index contributed by atoms with van der Waals surface area (Å²) in [6.07, 6.45) is 0. The van der Waals surface area contributed by atoms with Gasteiger partial charge in [0.2, 0.25) is 0 Å². The Morgan fingerprint density at radius 2 is 0.437 bits per heavy atom. The Labute approximate surface area is 731 Å². The highest BCUT2D eigenvalue weighted by Gasteiger charge is 2.49. The van der Waals surface area contributed by atoms with Crippen LogP contribution in [0.25, 0.3) is 178 Å². The van der Waals surface area contributed by atoms with E-state index < -0.39 is 10.8 Å². The van der Waals surface area contributed by atoms with E-state index in [2.05, 4.69) is 437 Å². The number of aromatic nitrogens is 6. The zero-order chi connectivity index (χ0) is 83.5. The Bertz CT molecular complexity index is 7870. The van der Waals surface area contributed by atoms with Gasteiger partial charge in [-0.25, -0.2) is 29.9 Å². The van der Waals surface area contributed by atoms with Crippen LogP contribution in [-0.2, 0) is 10.8 Å². The second-order valence-electron chi connectivity index (χ2n) is 32.5. The Kier molecular flexibility index (Phi) is 18.6.